The minimum absolute atomic E-state index is 0.0547. The molecule has 0 unspecified atom stereocenters. The van der Waals surface area contributed by atoms with Gasteiger partial charge in [-0.1, -0.05) is 0 Å². The van der Waals surface area contributed by atoms with Crippen molar-refractivity contribution >= 4 is 27.6 Å². The van der Waals surface area contributed by atoms with Crippen molar-refractivity contribution in [3.05, 3.63) is 29.5 Å². The standard InChI is InChI=1S/C16H19N3O8S/c1-5-27-16(21)10-8-17-18-14(10)28(22,23)19-11-7-13(25-3)12(24-2)6-9(11)15(20)26-4/h6-8,19H,5H2,1-4H3,(H,17,18). The number of aromatic nitrogens is 2. The second kappa shape index (κ2) is 8.61. The molecule has 0 bridgehead atoms. The second-order valence-corrected chi connectivity index (χ2v) is 6.80. The Morgan fingerprint density at radius 2 is 1.71 bits per heavy atom. The van der Waals surface area contributed by atoms with E-state index in [0.717, 1.165) is 13.3 Å². The van der Waals surface area contributed by atoms with Gasteiger partial charge in [-0.05, 0) is 6.92 Å². The molecular weight excluding hydrogens is 394 g/mol. The van der Waals surface area contributed by atoms with E-state index in [1.807, 2.05) is 0 Å². The number of nitrogens with one attached hydrogen (secondary N) is 2. The third-order valence-corrected chi connectivity index (χ3v) is 4.88. The number of rotatable bonds is 8. The van der Waals surface area contributed by atoms with Crippen molar-refractivity contribution in [3.63, 3.8) is 0 Å². The SMILES string of the molecule is CCOC(=O)c1cn[nH]c1S(=O)(=O)Nc1cc(OC)c(OC)cc1C(=O)OC. The third-order valence-electron chi connectivity index (χ3n) is 3.54. The number of benzene rings is 1. The molecule has 1 heterocycles. The van der Waals surface area contributed by atoms with Crippen molar-refractivity contribution in [2.75, 3.05) is 32.7 Å². The predicted molar refractivity (Wildman–Crippen MR) is 96.2 cm³/mol. The smallest absolute Gasteiger partial charge is 0.342 e. The van der Waals surface area contributed by atoms with E-state index in [0.29, 0.717) is 0 Å². The minimum Gasteiger partial charge on any atom is -0.493 e. The fraction of sp³-hybridized carbons (Fsp3) is 0.312. The number of ether oxygens (including phenoxy) is 4. The molecule has 1 aromatic heterocycles. The molecule has 0 saturated heterocycles. The maximum Gasteiger partial charge on any atom is 0.342 e. The van der Waals surface area contributed by atoms with Crippen LogP contribution in [-0.4, -0.2) is 58.5 Å². The van der Waals surface area contributed by atoms with Crippen LogP contribution in [0.2, 0.25) is 0 Å². The number of methoxy groups -OCH3 is 3. The molecule has 0 spiro atoms. The van der Waals surface area contributed by atoms with Crippen LogP contribution in [0.25, 0.3) is 0 Å². The van der Waals surface area contributed by atoms with Gasteiger partial charge in [0.2, 0.25) is 0 Å². The van der Waals surface area contributed by atoms with E-state index in [1.54, 1.807) is 6.92 Å². The van der Waals surface area contributed by atoms with Gasteiger partial charge in [-0.3, -0.25) is 9.82 Å². The maximum absolute atomic E-state index is 12.8. The van der Waals surface area contributed by atoms with E-state index in [4.69, 9.17) is 14.2 Å². The van der Waals surface area contributed by atoms with Crippen molar-refractivity contribution in [3.8, 4) is 11.5 Å². The molecular formula is C16H19N3O8S. The fourth-order valence-corrected chi connectivity index (χ4v) is 3.43. The van der Waals surface area contributed by atoms with E-state index >= 15 is 0 Å². The van der Waals surface area contributed by atoms with Gasteiger partial charge in [0.05, 0.1) is 45.4 Å². The van der Waals surface area contributed by atoms with Crippen molar-refractivity contribution < 1.29 is 37.0 Å². The molecule has 0 aliphatic heterocycles. The topological polar surface area (TPSA) is 146 Å². The van der Waals surface area contributed by atoms with Gasteiger partial charge in [0, 0.05) is 12.1 Å². The molecule has 2 rings (SSSR count). The Kier molecular flexibility index (Phi) is 6.46. The molecule has 1 aromatic carbocycles. The monoisotopic (exact) mass is 413 g/mol. The Hall–Kier alpha value is -3.28. The minimum atomic E-state index is -4.35. The summed E-state index contributed by atoms with van der Waals surface area (Å²) in [6.07, 6.45) is 1.03. The average Bonchev–Trinajstić information content (AvgIpc) is 3.18. The summed E-state index contributed by atoms with van der Waals surface area (Å²) in [4.78, 5) is 24.0. The zero-order valence-electron chi connectivity index (χ0n) is 15.6. The summed E-state index contributed by atoms with van der Waals surface area (Å²) in [5.41, 5.74) is -0.552. The number of hydrogen-bond acceptors (Lipinski definition) is 9. The number of esters is 2. The van der Waals surface area contributed by atoms with E-state index in [9.17, 15) is 18.0 Å². The van der Waals surface area contributed by atoms with Gasteiger partial charge in [0.1, 0.15) is 5.56 Å². The van der Waals surface area contributed by atoms with Gasteiger partial charge >= 0.3 is 11.9 Å². The van der Waals surface area contributed by atoms with Crippen LogP contribution in [0.1, 0.15) is 27.6 Å². The van der Waals surface area contributed by atoms with Crippen molar-refractivity contribution in [2.45, 2.75) is 11.9 Å². The molecule has 0 fully saturated rings. The van der Waals surface area contributed by atoms with Crippen LogP contribution in [0.15, 0.2) is 23.4 Å². The number of hydrogen-bond donors (Lipinski definition) is 2. The van der Waals surface area contributed by atoms with Crippen molar-refractivity contribution in [1.82, 2.24) is 10.2 Å². The average molecular weight is 413 g/mol. The molecule has 0 atom stereocenters. The summed E-state index contributed by atoms with van der Waals surface area (Å²) >= 11 is 0. The summed E-state index contributed by atoms with van der Waals surface area (Å²) in [6, 6.07) is 2.52. The molecule has 12 heteroatoms. The molecule has 0 aliphatic carbocycles. The zero-order valence-corrected chi connectivity index (χ0v) is 16.4. The lowest BCUT2D eigenvalue weighted by Crippen LogP contribution is -2.19. The number of sulfonamides is 1. The van der Waals surface area contributed by atoms with Crippen molar-refractivity contribution in [2.24, 2.45) is 0 Å². The van der Waals surface area contributed by atoms with E-state index in [-0.39, 0.29) is 34.9 Å². The van der Waals surface area contributed by atoms with Crippen molar-refractivity contribution in [1.29, 1.82) is 0 Å². The highest BCUT2D eigenvalue weighted by molar-refractivity contribution is 7.92. The molecule has 152 valence electrons. The molecule has 0 radical (unpaired) electrons. The lowest BCUT2D eigenvalue weighted by molar-refractivity contribution is 0.0520. The van der Waals surface area contributed by atoms with E-state index in [1.165, 1.54) is 26.4 Å². The van der Waals surface area contributed by atoms with Crippen LogP contribution in [-0.2, 0) is 19.5 Å². The molecule has 2 aromatic rings. The normalized spacial score (nSPS) is 10.9. The number of H-pyrrole nitrogens is 1. The lowest BCUT2D eigenvalue weighted by atomic mass is 10.1. The molecule has 2 N–H and O–H groups in total. The Bertz CT molecular complexity index is 984. The Morgan fingerprint density at radius 1 is 1.07 bits per heavy atom. The van der Waals surface area contributed by atoms with Gasteiger partial charge in [0.25, 0.3) is 10.0 Å². The zero-order chi connectivity index (χ0) is 20.9. The number of anilines is 1. The number of nitrogens with zero attached hydrogens (tertiary/aromatic N) is 1. The molecule has 11 nitrogen and oxygen atoms in total. The molecule has 0 aliphatic rings. The first kappa shape index (κ1) is 21.0. The van der Waals surface area contributed by atoms with Gasteiger partial charge in [-0.2, -0.15) is 13.5 Å². The number of carbonyl (C=O) groups is 2. The molecule has 0 saturated carbocycles. The largest absolute Gasteiger partial charge is 0.493 e. The van der Waals surface area contributed by atoms with Crippen LogP contribution in [0.3, 0.4) is 0 Å². The predicted octanol–water partition coefficient (Wildman–Crippen LogP) is 1.19. The molecule has 0 amide bonds. The first-order chi connectivity index (χ1) is 13.3. The van der Waals surface area contributed by atoms with Gasteiger partial charge < -0.3 is 18.9 Å². The van der Waals surface area contributed by atoms with Crippen LogP contribution in [0.5, 0.6) is 11.5 Å². The van der Waals surface area contributed by atoms with Crippen LogP contribution >= 0.6 is 0 Å². The third kappa shape index (κ3) is 4.17. The summed E-state index contributed by atoms with van der Waals surface area (Å²) in [5, 5.41) is 5.32. The Morgan fingerprint density at radius 3 is 2.29 bits per heavy atom. The quantitative estimate of drug-likeness (QED) is 0.609. The lowest BCUT2D eigenvalue weighted by Gasteiger charge is -2.15. The van der Waals surface area contributed by atoms with Crippen LogP contribution < -0.4 is 14.2 Å². The summed E-state index contributed by atoms with van der Waals surface area (Å²) < 4.78 is 47.6. The Labute approximate surface area is 161 Å². The first-order valence-electron chi connectivity index (χ1n) is 7.86. The summed E-state index contributed by atoms with van der Waals surface area (Å²) in [5.74, 6) is -1.31. The highest BCUT2D eigenvalue weighted by atomic mass is 32.2. The van der Waals surface area contributed by atoms with Gasteiger partial charge in [-0.15, -0.1) is 0 Å². The number of aromatic amines is 1. The van der Waals surface area contributed by atoms with Crippen LogP contribution in [0, 0.1) is 0 Å². The van der Waals surface area contributed by atoms with E-state index < -0.39 is 27.0 Å². The highest BCUT2D eigenvalue weighted by Gasteiger charge is 2.28. The van der Waals surface area contributed by atoms with Gasteiger partial charge in [0.15, 0.2) is 16.5 Å². The highest BCUT2D eigenvalue weighted by Crippen LogP contribution is 2.34. The second-order valence-electron chi connectivity index (χ2n) is 5.18. The fourth-order valence-electron chi connectivity index (χ4n) is 2.27. The summed E-state index contributed by atoms with van der Waals surface area (Å²) in [6.45, 7) is 1.63. The first-order valence-corrected chi connectivity index (χ1v) is 9.35. The molecule has 28 heavy (non-hydrogen) atoms. The Balaban J connectivity index is 2.53. The van der Waals surface area contributed by atoms with Gasteiger partial charge in [-0.25, -0.2) is 9.59 Å². The van der Waals surface area contributed by atoms with Crippen LogP contribution in [0.4, 0.5) is 5.69 Å². The van der Waals surface area contributed by atoms with E-state index in [2.05, 4.69) is 19.7 Å². The maximum atomic E-state index is 12.8. The number of carbonyl (C=O) groups excluding carboxylic acids is 2. The summed E-state index contributed by atoms with van der Waals surface area (Å²) in [7, 11) is -0.493.